The molecule has 1 saturated heterocycles. The fraction of sp³-hybridized carbons (Fsp3) is 0.711. The van der Waals surface area contributed by atoms with Gasteiger partial charge in [-0.25, -0.2) is 0 Å². The first-order valence-corrected chi connectivity index (χ1v) is 19.3. The molecule has 14 heteroatoms. The van der Waals surface area contributed by atoms with Gasteiger partial charge in [0.1, 0.15) is 17.9 Å². The lowest BCUT2D eigenvalue weighted by Gasteiger charge is -2.41. The average Bonchev–Trinajstić information content (AvgIpc) is 3.65. The van der Waals surface area contributed by atoms with Crippen LogP contribution in [0.1, 0.15) is 108 Å². The number of hydrogen-bond acceptors (Lipinski definition) is 11. The number of benzene rings is 1. The Morgan fingerprint density at radius 2 is 1.56 bits per heavy atom. The number of nitro groups is 1. The maximum atomic E-state index is 14.8. The third-order valence-corrected chi connectivity index (χ3v) is 11.6. The second kappa shape index (κ2) is 19.5. The van der Waals surface area contributed by atoms with Crippen molar-refractivity contribution >= 4 is 35.4 Å². The minimum atomic E-state index is -2.12. The minimum Gasteiger partial charge on any atom is -0.343 e. The van der Waals surface area contributed by atoms with Crippen molar-refractivity contribution in [2.45, 2.75) is 139 Å². The highest BCUT2D eigenvalue weighted by molar-refractivity contribution is 6.11. The van der Waals surface area contributed by atoms with Crippen LogP contribution in [0.15, 0.2) is 24.3 Å². The van der Waals surface area contributed by atoms with Gasteiger partial charge < -0.3 is 37.9 Å². The van der Waals surface area contributed by atoms with E-state index < -0.39 is 63.9 Å². The Labute approximate surface area is 306 Å². The van der Waals surface area contributed by atoms with E-state index in [9.17, 15) is 34.1 Å². The molecule has 2 amide bonds. The Morgan fingerprint density at radius 3 is 2.15 bits per heavy atom. The Hall–Kier alpha value is -3.59. The number of hydrogen-bond donors (Lipinski definition) is 5. The van der Waals surface area contributed by atoms with Crippen molar-refractivity contribution in [1.82, 2.24) is 10.2 Å². The molecule has 2 saturated carbocycles. The summed E-state index contributed by atoms with van der Waals surface area (Å²) in [6.07, 6.45) is 12.4. The zero-order chi connectivity index (χ0) is 37.8. The largest absolute Gasteiger partial charge is 0.343 e. The lowest BCUT2D eigenvalue weighted by Crippen LogP contribution is -2.66. The maximum Gasteiger partial charge on any atom is 0.269 e. The Bertz CT molecular complexity index is 1400. The van der Waals surface area contributed by atoms with Gasteiger partial charge in [0.2, 0.25) is 11.8 Å². The van der Waals surface area contributed by atoms with Crippen molar-refractivity contribution in [2.24, 2.45) is 40.7 Å². The normalized spacial score (nSPS) is 22.1. The molecule has 288 valence electrons. The average molecular weight is 726 g/mol. The van der Waals surface area contributed by atoms with Gasteiger partial charge in [-0.1, -0.05) is 63.5 Å². The van der Waals surface area contributed by atoms with E-state index in [0.29, 0.717) is 63.3 Å². The quantitative estimate of drug-likeness (QED) is 0.0456. The highest BCUT2D eigenvalue weighted by atomic mass is 16.6. The van der Waals surface area contributed by atoms with Crippen LogP contribution >= 0.6 is 0 Å². The number of amides is 2. The van der Waals surface area contributed by atoms with Gasteiger partial charge in [0.05, 0.1) is 29.0 Å². The van der Waals surface area contributed by atoms with Crippen molar-refractivity contribution < 1.29 is 28.9 Å². The van der Waals surface area contributed by atoms with Gasteiger partial charge in [-0.2, -0.15) is 0 Å². The molecule has 4 rings (SSSR count). The number of Topliss-reactive ketones (excluding diaryl/α,β-unsaturated/α-hetero) is 2. The molecule has 1 aliphatic heterocycles. The van der Waals surface area contributed by atoms with E-state index in [4.69, 9.17) is 22.9 Å². The summed E-state index contributed by atoms with van der Waals surface area (Å²) in [5, 5.41) is 13.8. The third-order valence-electron chi connectivity index (χ3n) is 11.6. The van der Waals surface area contributed by atoms with E-state index >= 15 is 0 Å². The number of aldehydes is 1. The van der Waals surface area contributed by atoms with E-state index in [2.05, 4.69) is 5.32 Å². The molecule has 9 N–H and O–H groups in total. The lowest BCUT2D eigenvalue weighted by molar-refractivity contribution is -0.384. The van der Waals surface area contributed by atoms with Crippen LogP contribution in [0.25, 0.3) is 0 Å². The smallest absolute Gasteiger partial charge is 0.269 e. The molecule has 0 aromatic heterocycles. The van der Waals surface area contributed by atoms with Gasteiger partial charge in [0, 0.05) is 18.7 Å². The molecule has 1 aromatic rings. The first-order valence-electron chi connectivity index (χ1n) is 19.3. The predicted molar refractivity (Wildman–Crippen MR) is 197 cm³/mol. The number of nitrogens with two attached hydrogens (primary N) is 4. The van der Waals surface area contributed by atoms with Crippen LogP contribution in [0.3, 0.4) is 0 Å². The Balaban J connectivity index is 1.54. The SMILES string of the molecule is NCCCC[C@H](NC(=O)[C@@H](N)Cc1ccc([N+](=O)[O-])cc1)C(=O)N1CCC[C@H]1C(=O)C(C1CCCCC1)[C@](N)(C=O)C(=O)[C@H](N)CC1CCCCC1. The second-order valence-corrected chi connectivity index (χ2v) is 15.3. The molecule has 3 aliphatic rings. The monoisotopic (exact) mass is 725 g/mol. The molecule has 14 nitrogen and oxygen atoms in total. The first-order chi connectivity index (χ1) is 24.9. The van der Waals surface area contributed by atoms with E-state index in [1.807, 2.05) is 0 Å². The van der Waals surface area contributed by atoms with Crippen LogP contribution in [0.4, 0.5) is 5.69 Å². The molecule has 0 bridgehead atoms. The van der Waals surface area contributed by atoms with Crippen molar-refractivity contribution in [3.63, 3.8) is 0 Å². The van der Waals surface area contributed by atoms with Crippen LogP contribution in [0, 0.1) is 27.9 Å². The van der Waals surface area contributed by atoms with Gasteiger partial charge in [0.15, 0.2) is 11.6 Å². The number of nitrogens with one attached hydrogen (secondary N) is 1. The molecule has 0 radical (unpaired) electrons. The zero-order valence-corrected chi connectivity index (χ0v) is 30.4. The van der Waals surface area contributed by atoms with Gasteiger partial charge in [0.25, 0.3) is 5.69 Å². The van der Waals surface area contributed by atoms with E-state index in [0.717, 1.165) is 51.4 Å². The van der Waals surface area contributed by atoms with Crippen molar-refractivity contribution in [1.29, 1.82) is 0 Å². The Morgan fingerprint density at radius 1 is 0.923 bits per heavy atom. The van der Waals surface area contributed by atoms with Crippen LogP contribution in [0.2, 0.25) is 0 Å². The van der Waals surface area contributed by atoms with Crippen LogP contribution in [0.5, 0.6) is 0 Å². The summed E-state index contributed by atoms with van der Waals surface area (Å²) in [6.45, 7) is 0.655. The van der Waals surface area contributed by atoms with Crippen molar-refractivity contribution in [3.8, 4) is 0 Å². The van der Waals surface area contributed by atoms with Gasteiger partial charge in [-0.3, -0.25) is 29.3 Å². The second-order valence-electron chi connectivity index (χ2n) is 15.3. The number of likely N-dealkylation sites (tertiary alicyclic amines) is 1. The number of ketones is 2. The molecule has 1 unspecified atom stereocenters. The number of nitro benzene ring substituents is 1. The Kier molecular flexibility index (Phi) is 15.4. The molecule has 2 aliphatic carbocycles. The lowest BCUT2D eigenvalue weighted by atomic mass is 9.65. The highest BCUT2D eigenvalue weighted by Crippen LogP contribution is 2.39. The number of carbonyl (C=O) groups excluding carboxylic acids is 5. The molecule has 3 fully saturated rings. The molecule has 1 aromatic carbocycles. The van der Waals surface area contributed by atoms with E-state index in [1.54, 1.807) is 0 Å². The summed E-state index contributed by atoms with van der Waals surface area (Å²) < 4.78 is 0. The highest BCUT2D eigenvalue weighted by Gasteiger charge is 2.54. The standard InChI is InChI=1S/C38H59N7O7/c39-20-8-7-14-31(43-36(49)30(41)23-26-16-18-28(19-17-26)45(51)52)37(50)44-21-9-15-32(44)34(47)33(27-12-5-2-6-13-27)38(42,24-46)35(48)29(40)22-25-10-3-1-4-11-25/h16-19,24-25,27,29-33H,1-15,20-23,39-42H2,(H,43,49)/t29-,30+,31+,32+,33?,38-/m1/s1. The minimum absolute atomic E-state index is 0.0838. The topological polar surface area (TPSA) is 248 Å². The van der Waals surface area contributed by atoms with Crippen molar-refractivity contribution in [3.05, 3.63) is 39.9 Å². The van der Waals surface area contributed by atoms with E-state index in [-0.39, 0.29) is 36.9 Å². The van der Waals surface area contributed by atoms with Gasteiger partial charge in [-0.15, -0.1) is 0 Å². The maximum absolute atomic E-state index is 14.8. The summed E-state index contributed by atoms with van der Waals surface area (Å²) in [4.78, 5) is 81.5. The number of nitrogens with zero attached hydrogens (tertiary/aromatic N) is 2. The molecule has 6 atom stereocenters. The molecule has 0 spiro atoms. The summed E-state index contributed by atoms with van der Waals surface area (Å²) >= 11 is 0. The summed E-state index contributed by atoms with van der Waals surface area (Å²) in [7, 11) is 0. The van der Waals surface area contributed by atoms with E-state index in [1.165, 1.54) is 29.2 Å². The molecule has 1 heterocycles. The van der Waals surface area contributed by atoms with Gasteiger partial charge >= 0.3 is 0 Å². The summed E-state index contributed by atoms with van der Waals surface area (Å²) in [5.41, 5.74) is 23.7. The fourth-order valence-electron chi connectivity index (χ4n) is 8.68. The third kappa shape index (κ3) is 10.3. The van der Waals surface area contributed by atoms with Gasteiger partial charge in [-0.05, 0) is 81.7 Å². The number of carbonyl (C=O) groups is 5. The predicted octanol–water partition coefficient (Wildman–Crippen LogP) is 2.60. The zero-order valence-electron chi connectivity index (χ0n) is 30.4. The first kappa shape index (κ1) is 41.2. The number of non-ortho nitro benzene ring substituents is 1. The van der Waals surface area contributed by atoms with Crippen LogP contribution < -0.4 is 28.3 Å². The summed E-state index contributed by atoms with van der Waals surface area (Å²) in [6, 6.07) is 1.79. The molecule has 52 heavy (non-hydrogen) atoms. The summed E-state index contributed by atoms with van der Waals surface area (Å²) in [5.74, 6) is -3.20. The fourth-order valence-corrected chi connectivity index (χ4v) is 8.68. The molecular weight excluding hydrogens is 666 g/mol. The van der Waals surface area contributed by atoms with Crippen LogP contribution in [-0.2, 0) is 30.4 Å². The van der Waals surface area contributed by atoms with Crippen molar-refractivity contribution in [2.75, 3.05) is 13.1 Å². The van der Waals surface area contributed by atoms with Crippen LogP contribution in [-0.4, -0.2) is 82.3 Å². The molecular formula is C38H59N7O7. The number of unbranched alkanes of at least 4 members (excludes halogenated alkanes) is 1. The number of rotatable bonds is 19.